The van der Waals surface area contributed by atoms with Crippen LogP contribution in [-0.2, 0) is 11.3 Å². The molecule has 0 radical (unpaired) electrons. The fourth-order valence-corrected chi connectivity index (χ4v) is 2.67. The number of aryl methyl sites for hydroxylation is 1. The van der Waals surface area contributed by atoms with Crippen LogP contribution in [0.3, 0.4) is 0 Å². The van der Waals surface area contributed by atoms with Gasteiger partial charge >= 0.3 is 0 Å². The lowest BCUT2D eigenvalue weighted by molar-refractivity contribution is 0.202. The number of methoxy groups -OCH3 is 1. The molecule has 0 aliphatic rings. The van der Waals surface area contributed by atoms with Crippen LogP contribution in [0.4, 0.5) is 5.82 Å². The Morgan fingerprint density at radius 3 is 2.52 bits per heavy atom. The summed E-state index contributed by atoms with van der Waals surface area (Å²) in [6, 6.07) is 2.76. The van der Waals surface area contributed by atoms with Crippen molar-refractivity contribution in [1.82, 2.24) is 10.3 Å². The van der Waals surface area contributed by atoms with E-state index < -0.39 is 0 Å². The van der Waals surface area contributed by atoms with Gasteiger partial charge in [-0.05, 0) is 43.5 Å². The maximum Gasteiger partial charge on any atom is 0.131 e. The predicted octanol–water partition coefficient (Wildman–Crippen LogP) is 3.14. The summed E-state index contributed by atoms with van der Waals surface area (Å²) in [5.74, 6) is 1.10. The first-order valence-electron chi connectivity index (χ1n) is 8.09. The fraction of sp³-hybridized carbons (Fsp3) is 0.706. The van der Waals surface area contributed by atoms with Gasteiger partial charge in [-0.3, -0.25) is 0 Å². The van der Waals surface area contributed by atoms with Gasteiger partial charge in [0.1, 0.15) is 5.82 Å². The molecule has 0 spiro atoms. The van der Waals surface area contributed by atoms with Gasteiger partial charge < -0.3 is 15.0 Å². The summed E-state index contributed by atoms with van der Waals surface area (Å²) < 4.78 is 5.27. The van der Waals surface area contributed by atoms with Crippen molar-refractivity contribution in [3.05, 3.63) is 23.4 Å². The number of nitrogens with zero attached hydrogens (tertiary/aromatic N) is 2. The number of hydrogen-bond acceptors (Lipinski definition) is 4. The second-order valence-corrected chi connectivity index (χ2v) is 5.42. The van der Waals surface area contributed by atoms with Crippen molar-refractivity contribution in [3.8, 4) is 0 Å². The third kappa shape index (κ3) is 5.29. The van der Waals surface area contributed by atoms with Crippen LogP contribution in [0.2, 0.25) is 0 Å². The molecule has 0 aliphatic heterocycles. The lowest BCUT2D eigenvalue weighted by Gasteiger charge is -2.32. The van der Waals surface area contributed by atoms with Gasteiger partial charge in [0.2, 0.25) is 0 Å². The molecular weight excluding hydrogens is 262 g/mol. The molecule has 0 atom stereocenters. The quantitative estimate of drug-likeness (QED) is 0.719. The highest BCUT2D eigenvalue weighted by atomic mass is 16.5. The summed E-state index contributed by atoms with van der Waals surface area (Å²) in [5.41, 5.74) is 2.49. The zero-order valence-electron chi connectivity index (χ0n) is 14.3. The number of nitrogens with one attached hydrogen (secondary N) is 1. The van der Waals surface area contributed by atoms with Gasteiger partial charge in [-0.15, -0.1) is 0 Å². The van der Waals surface area contributed by atoms with E-state index in [0.717, 1.165) is 44.9 Å². The van der Waals surface area contributed by atoms with Crippen molar-refractivity contribution in [3.63, 3.8) is 0 Å². The molecule has 0 aromatic carbocycles. The SMILES string of the molecule is CCNCc1cnc(N(CCOC)C(CC)CC)c(C)c1. The van der Waals surface area contributed by atoms with E-state index in [1.165, 1.54) is 11.1 Å². The molecule has 120 valence electrons. The van der Waals surface area contributed by atoms with Crippen molar-refractivity contribution < 1.29 is 4.74 Å². The van der Waals surface area contributed by atoms with Crippen LogP contribution >= 0.6 is 0 Å². The Hall–Kier alpha value is -1.13. The first kappa shape index (κ1) is 17.9. The Morgan fingerprint density at radius 1 is 1.29 bits per heavy atom. The number of hydrogen-bond donors (Lipinski definition) is 1. The third-order valence-corrected chi connectivity index (χ3v) is 3.88. The molecule has 1 aromatic heterocycles. The normalized spacial score (nSPS) is 11.1. The van der Waals surface area contributed by atoms with E-state index >= 15 is 0 Å². The Labute approximate surface area is 129 Å². The second kappa shape index (κ2) is 9.74. The molecule has 1 heterocycles. The van der Waals surface area contributed by atoms with Gasteiger partial charge in [0, 0.05) is 32.4 Å². The molecular formula is C17H31N3O. The highest BCUT2D eigenvalue weighted by Gasteiger charge is 2.18. The summed E-state index contributed by atoms with van der Waals surface area (Å²) in [7, 11) is 1.75. The molecule has 0 saturated carbocycles. The molecule has 1 aromatic rings. The Morgan fingerprint density at radius 2 is 2.00 bits per heavy atom. The average Bonchev–Trinajstić information content (AvgIpc) is 2.50. The first-order chi connectivity index (χ1) is 10.2. The monoisotopic (exact) mass is 293 g/mol. The van der Waals surface area contributed by atoms with Gasteiger partial charge in [-0.25, -0.2) is 4.98 Å². The standard InChI is InChI=1S/C17H31N3O/c1-6-16(7-2)20(9-10-21-5)17-14(4)11-15(13-19-17)12-18-8-3/h11,13,16,18H,6-10,12H2,1-5H3. The van der Waals surface area contributed by atoms with E-state index in [4.69, 9.17) is 9.72 Å². The molecule has 0 unspecified atom stereocenters. The van der Waals surface area contributed by atoms with Crippen molar-refractivity contribution in [1.29, 1.82) is 0 Å². The average molecular weight is 293 g/mol. The van der Waals surface area contributed by atoms with E-state index in [1.54, 1.807) is 7.11 Å². The number of anilines is 1. The topological polar surface area (TPSA) is 37.4 Å². The number of pyridine rings is 1. The van der Waals surface area contributed by atoms with Crippen LogP contribution in [0.1, 0.15) is 44.7 Å². The molecule has 4 nitrogen and oxygen atoms in total. The van der Waals surface area contributed by atoms with Gasteiger partial charge in [0.05, 0.1) is 6.61 Å². The lowest BCUT2D eigenvalue weighted by atomic mass is 10.1. The second-order valence-electron chi connectivity index (χ2n) is 5.42. The minimum Gasteiger partial charge on any atom is -0.383 e. The molecule has 0 aliphatic carbocycles. The molecule has 0 fully saturated rings. The molecule has 4 heteroatoms. The summed E-state index contributed by atoms with van der Waals surface area (Å²) in [5, 5.41) is 3.35. The van der Waals surface area contributed by atoms with Crippen molar-refractivity contribution in [2.75, 3.05) is 31.7 Å². The molecule has 1 rings (SSSR count). The minimum absolute atomic E-state index is 0.519. The van der Waals surface area contributed by atoms with E-state index in [1.807, 2.05) is 6.20 Å². The lowest BCUT2D eigenvalue weighted by Crippen LogP contribution is -2.38. The van der Waals surface area contributed by atoms with Crippen molar-refractivity contribution >= 4 is 5.82 Å². The van der Waals surface area contributed by atoms with E-state index in [2.05, 4.69) is 44.0 Å². The number of aromatic nitrogens is 1. The fourth-order valence-electron chi connectivity index (χ4n) is 2.67. The first-order valence-corrected chi connectivity index (χ1v) is 8.09. The highest BCUT2D eigenvalue weighted by molar-refractivity contribution is 5.48. The van der Waals surface area contributed by atoms with Crippen LogP contribution in [0.25, 0.3) is 0 Å². The zero-order chi connectivity index (χ0) is 15.7. The minimum atomic E-state index is 0.519. The predicted molar refractivity (Wildman–Crippen MR) is 89.9 cm³/mol. The zero-order valence-corrected chi connectivity index (χ0v) is 14.3. The molecule has 0 amide bonds. The molecule has 1 N–H and O–H groups in total. The summed E-state index contributed by atoms with van der Waals surface area (Å²) in [6.45, 7) is 12.2. The third-order valence-electron chi connectivity index (χ3n) is 3.88. The van der Waals surface area contributed by atoms with Crippen molar-refractivity contribution in [2.45, 2.75) is 53.1 Å². The Kier molecular flexibility index (Phi) is 8.31. The smallest absolute Gasteiger partial charge is 0.131 e. The van der Waals surface area contributed by atoms with Crippen LogP contribution in [-0.4, -0.2) is 37.8 Å². The maximum atomic E-state index is 5.27. The Bertz CT molecular complexity index is 405. The van der Waals surface area contributed by atoms with Gasteiger partial charge in [0.15, 0.2) is 0 Å². The van der Waals surface area contributed by atoms with Gasteiger partial charge in [-0.1, -0.05) is 20.8 Å². The molecule has 21 heavy (non-hydrogen) atoms. The van der Waals surface area contributed by atoms with Crippen LogP contribution in [0.15, 0.2) is 12.3 Å². The Balaban J connectivity index is 2.95. The highest BCUT2D eigenvalue weighted by Crippen LogP contribution is 2.22. The van der Waals surface area contributed by atoms with Crippen LogP contribution in [0, 0.1) is 6.92 Å². The largest absolute Gasteiger partial charge is 0.383 e. The maximum absolute atomic E-state index is 5.27. The van der Waals surface area contributed by atoms with E-state index in [0.29, 0.717) is 6.04 Å². The van der Waals surface area contributed by atoms with Crippen LogP contribution < -0.4 is 10.2 Å². The van der Waals surface area contributed by atoms with E-state index in [9.17, 15) is 0 Å². The number of ether oxygens (including phenoxy) is 1. The summed E-state index contributed by atoms with van der Waals surface area (Å²) in [4.78, 5) is 7.13. The molecule has 0 bridgehead atoms. The molecule has 0 saturated heterocycles. The van der Waals surface area contributed by atoms with Crippen molar-refractivity contribution in [2.24, 2.45) is 0 Å². The van der Waals surface area contributed by atoms with Crippen LogP contribution in [0.5, 0.6) is 0 Å². The van der Waals surface area contributed by atoms with Gasteiger partial charge in [-0.2, -0.15) is 0 Å². The number of rotatable bonds is 10. The summed E-state index contributed by atoms with van der Waals surface area (Å²) >= 11 is 0. The van der Waals surface area contributed by atoms with Gasteiger partial charge in [0.25, 0.3) is 0 Å². The van der Waals surface area contributed by atoms with E-state index in [-0.39, 0.29) is 0 Å². The summed E-state index contributed by atoms with van der Waals surface area (Å²) in [6.07, 6.45) is 4.24.